The highest BCUT2D eigenvalue weighted by atomic mass is 16.5. The van der Waals surface area contributed by atoms with Crippen LogP contribution >= 0.6 is 0 Å². The predicted molar refractivity (Wildman–Crippen MR) is 109 cm³/mol. The number of ether oxygens (including phenoxy) is 1. The quantitative estimate of drug-likeness (QED) is 0.329. The van der Waals surface area contributed by atoms with Crippen LogP contribution in [0, 0.1) is 0 Å². The van der Waals surface area contributed by atoms with Crippen LogP contribution in [0.3, 0.4) is 0 Å². The Balaban J connectivity index is 1.43. The first kappa shape index (κ1) is 19.9. The van der Waals surface area contributed by atoms with Crippen molar-refractivity contribution in [3.63, 3.8) is 0 Å². The van der Waals surface area contributed by atoms with E-state index >= 15 is 0 Å². The maximum Gasteiger partial charge on any atom is 0.191 e. The summed E-state index contributed by atoms with van der Waals surface area (Å²) in [6, 6.07) is 2.06. The summed E-state index contributed by atoms with van der Waals surface area (Å²) in [5.41, 5.74) is 0. The minimum Gasteiger partial charge on any atom is -0.376 e. The lowest BCUT2D eigenvalue weighted by atomic mass is 9.82. The molecule has 1 saturated carbocycles. The number of aliphatic imine (C=N–C) groups is 1. The van der Waals surface area contributed by atoms with Crippen molar-refractivity contribution in [1.29, 1.82) is 0 Å². The zero-order chi connectivity index (χ0) is 18.2. The van der Waals surface area contributed by atoms with E-state index in [0.717, 1.165) is 37.7 Å². The number of nitrogens with zero attached hydrogens (tertiary/aromatic N) is 2. The minimum atomic E-state index is 0.469. The summed E-state index contributed by atoms with van der Waals surface area (Å²) in [5.74, 6) is 0.976. The lowest BCUT2D eigenvalue weighted by Gasteiger charge is -2.47. The van der Waals surface area contributed by atoms with Gasteiger partial charge in [0.15, 0.2) is 5.96 Å². The second-order valence-electron chi connectivity index (χ2n) is 8.46. The molecule has 26 heavy (non-hydrogen) atoms. The van der Waals surface area contributed by atoms with E-state index in [2.05, 4.69) is 29.5 Å². The van der Waals surface area contributed by atoms with Crippen LogP contribution in [0.1, 0.15) is 77.6 Å². The number of hydrogen-bond acceptors (Lipinski definition) is 3. The van der Waals surface area contributed by atoms with E-state index < -0.39 is 0 Å². The van der Waals surface area contributed by atoms with Gasteiger partial charge in [-0.05, 0) is 52.5 Å². The molecule has 0 radical (unpaired) electrons. The monoisotopic (exact) mass is 364 g/mol. The lowest BCUT2D eigenvalue weighted by molar-refractivity contribution is 0.0482. The Morgan fingerprint density at radius 1 is 1.00 bits per heavy atom. The molecule has 2 aliphatic heterocycles. The molecule has 2 N–H and O–H groups in total. The molecule has 0 aromatic carbocycles. The first-order valence-corrected chi connectivity index (χ1v) is 11.1. The van der Waals surface area contributed by atoms with Gasteiger partial charge in [-0.3, -0.25) is 4.99 Å². The van der Waals surface area contributed by atoms with Gasteiger partial charge in [0, 0.05) is 24.7 Å². The fraction of sp³-hybridized carbons (Fsp3) is 0.952. The van der Waals surface area contributed by atoms with Crippen LogP contribution < -0.4 is 10.6 Å². The smallest absolute Gasteiger partial charge is 0.191 e. The van der Waals surface area contributed by atoms with Crippen molar-refractivity contribution in [3.8, 4) is 0 Å². The van der Waals surface area contributed by atoms with E-state index in [1.54, 1.807) is 0 Å². The van der Waals surface area contributed by atoms with Crippen LogP contribution in [0.5, 0.6) is 0 Å². The summed E-state index contributed by atoms with van der Waals surface area (Å²) < 4.78 is 6.09. The fourth-order valence-corrected chi connectivity index (χ4v) is 5.03. The molecule has 5 heteroatoms. The second kappa shape index (κ2) is 10.5. The molecular formula is C21H40N4O. The van der Waals surface area contributed by atoms with E-state index in [0.29, 0.717) is 12.1 Å². The van der Waals surface area contributed by atoms with E-state index in [9.17, 15) is 0 Å². The Kier molecular flexibility index (Phi) is 8.06. The molecule has 2 heterocycles. The van der Waals surface area contributed by atoms with E-state index in [4.69, 9.17) is 9.73 Å². The first-order chi connectivity index (χ1) is 12.8. The topological polar surface area (TPSA) is 48.9 Å². The van der Waals surface area contributed by atoms with Crippen LogP contribution in [-0.2, 0) is 4.74 Å². The third kappa shape index (κ3) is 5.85. The highest BCUT2D eigenvalue weighted by Gasteiger charge is 2.36. The van der Waals surface area contributed by atoms with Crippen molar-refractivity contribution in [2.24, 2.45) is 4.99 Å². The fourth-order valence-electron chi connectivity index (χ4n) is 5.03. The van der Waals surface area contributed by atoms with Crippen molar-refractivity contribution in [2.75, 3.05) is 26.7 Å². The number of hydrogen-bond donors (Lipinski definition) is 2. The van der Waals surface area contributed by atoms with E-state index in [1.165, 1.54) is 70.6 Å². The molecule has 2 saturated heterocycles. The van der Waals surface area contributed by atoms with E-state index in [-0.39, 0.29) is 0 Å². The van der Waals surface area contributed by atoms with Gasteiger partial charge in [-0.25, -0.2) is 0 Å². The van der Waals surface area contributed by atoms with Gasteiger partial charge in [-0.15, -0.1) is 0 Å². The number of fused-ring (bicyclic) bond motifs is 2. The predicted octanol–water partition coefficient (Wildman–Crippen LogP) is 3.30. The standard InChI is InChI=1S/C21H40N4O/c1-3-22-21(23-13-14-26-20-11-6-4-5-7-12-20)24-17-15-18-9-8-10-19(16-17)25(18)2/h17-20H,3-16H2,1-2H3,(H2,22,23,24). The highest BCUT2D eigenvalue weighted by molar-refractivity contribution is 5.80. The molecule has 5 nitrogen and oxygen atoms in total. The largest absolute Gasteiger partial charge is 0.376 e. The van der Waals surface area contributed by atoms with Crippen molar-refractivity contribution in [3.05, 3.63) is 0 Å². The first-order valence-electron chi connectivity index (χ1n) is 11.1. The molecule has 0 amide bonds. The van der Waals surface area contributed by atoms with Gasteiger partial charge in [-0.1, -0.05) is 32.1 Å². The molecular weight excluding hydrogens is 324 g/mol. The molecule has 2 bridgehead atoms. The second-order valence-corrected chi connectivity index (χ2v) is 8.46. The molecule has 2 atom stereocenters. The number of guanidine groups is 1. The molecule has 3 rings (SSSR count). The van der Waals surface area contributed by atoms with Gasteiger partial charge in [0.25, 0.3) is 0 Å². The maximum atomic E-state index is 6.09. The summed E-state index contributed by atoms with van der Waals surface area (Å²) in [4.78, 5) is 7.40. The van der Waals surface area contributed by atoms with Crippen LogP contribution in [-0.4, -0.2) is 61.8 Å². The average molecular weight is 365 g/mol. The Morgan fingerprint density at radius 2 is 1.69 bits per heavy atom. The van der Waals surface area contributed by atoms with Crippen LogP contribution in [0.15, 0.2) is 4.99 Å². The van der Waals surface area contributed by atoms with Crippen LogP contribution in [0.25, 0.3) is 0 Å². The summed E-state index contributed by atoms with van der Waals surface area (Å²) in [6.07, 6.45) is 15.0. The van der Waals surface area contributed by atoms with Crippen LogP contribution in [0.2, 0.25) is 0 Å². The maximum absolute atomic E-state index is 6.09. The third-order valence-electron chi connectivity index (χ3n) is 6.54. The van der Waals surface area contributed by atoms with Gasteiger partial charge < -0.3 is 20.3 Å². The highest BCUT2D eigenvalue weighted by Crippen LogP contribution is 2.32. The number of piperidine rings is 2. The van der Waals surface area contributed by atoms with Gasteiger partial charge in [0.1, 0.15) is 0 Å². The molecule has 3 aliphatic rings. The van der Waals surface area contributed by atoms with Crippen molar-refractivity contribution in [2.45, 2.75) is 102 Å². The minimum absolute atomic E-state index is 0.469. The van der Waals surface area contributed by atoms with Gasteiger partial charge >= 0.3 is 0 Å². The zero-order valence-electron chi connectivity index (χ0n) is 17.0. The molecule has 2 unspecified atom stereocenters. The third-order valence-corrected chi connectivity index (χ3v) is 6.54. The van der Waals surface area contributed by atoms with Crippen molar-refractivity contribution in [1.82, 2.24) is 15.5 Å². The average Bonchev–Trinajstić information content (AvgIpc) is 2.88. The molecule has 3 fully saturated rings. The SMILES string of the molecule is CCNC(=NCCOC1CCCCCC1)NC1CC2CCCC(C1)N2C. The Hall–Kier alpha value is -0.810. The van der Waals surface area contributed by atoms with E-state index in [1.807, 2.05) is 0 Å². The van der Waals surface area contributed by atoms with Crippen molar-refractivity contribution >= 4 is 5.96 Å². The van der Waals surface area contributed by atoms with Gasteiger partial charge in [-0.2, -0.15) is 0 Å². The molecule has 1 aliphatic carbocycles. The summed E-state index contributed by atoms with van der Waals surface area (Å²) in [5, 5.41) is 7.14. The lowest BCUT2D eigenvalue weighted by Crippen LogP contribution is -2.56. The molecule has 0 aromatic heterocycles. The van der Waals surface area contributed by atoms with Gasteiger partial charge in [0.2, 0.25) is 0 Å². The summed E-state index contributed by atoms with van der Waals surface area (Å²) >= 11 is 0. The molecule has 150 valence electrons. The molecule has 0 spiro atoms. The Morgan fingerprint density at radius 3 is 2.35 bits per heavy atom. The normalized spacial score (nSPS) is 31.5. The summed E-state index contributed by atoms with van der Waals surface area (Å²) in [6.45, 7) is 4.56. The number of rotatable bonds is 6. The number of nitrogens with one attached hydrogen (secondary N) is 2. The summed E-state index contributed by atoms with van der Waals surface area (Å²) in [7, 11) is 2.31. The Bertz CT molecular complexity index is 420. The Labute approximate surface area is 160 Å². The van der Waals surface area contributed by atoms with Gasteiger partial charge in [0.05, 0.1) is 19.3 Å². The zero-order valence-corrected chi connectivity index (χ0v) is 17.0. The molecule has 0 aromatic rings. The van der Waals surface area contributed by atoms with Crippen molar-refractivity contribution < 1.29 is 4.74 Å². The van der Waals surface area contributed by atoms with Crippen LogP contribution in [0.4, 0.5) is 0 Å².